The zero-order valence-corrected chi connectivity index (χ0v) is 18.0. The number of nitrogens with one attached hydrogen (secondary N) is 2. The van der Waals surface area contributed by atoms with Gasteiger partial charge in [-0.1, -0.05) is 25.5 Å². The summed E-state index contributed by atoms with van der Waals surface area (Å²) in [5.74, 6) is 2.50. The highest BCUT2D eigenvalue weighted by Gasteiger charge is 2.25. The predicted molar refractivity (Wildman–Crippen MR) is 115 cm³/mol. The summed E-state index contributed by atoms with van der Waals surface area (Å²) < 4.78 is 17.8. The molecule has 3 unspecified atom stereocenters. The molecule has 5 nitrogen and oxygen atoms in total. The minimum Gasteiger partial charge on any atom is -0.491 e. The fraction of sp³-hybridized carbons (Fsp3) is 0.667. The summed E-state index contributed by atoms with van der Waals surface area (Å²) in [5, 5.41) is 7.24. The minimum atomic E-state index is -0.698. The van der Waals surface area contributed by atoms with Crippen LogP contribution in [0.4, 0.5) is 0 Å². The van der Waals surface area contributed by atoms with Gasteiger partial charge < -0.3 is 15.4 Å². The molecule has 0 spiro atoms. The number of nitrogens with zero attached hydrogens (tertiary/aromatic N) is 1. The quantitative estimate of drug-likeness (QED) is 0.526. The SMILES string of the molecule is CCS(=O)C1CCCC(NC(=NC)NCCc2ccc(OC(C)C)cc2)C1. The molecule has 1 saturated carbocycles. The second kappa shape index (κ2) is 11.3. The normalized spacial score (nSPS) is 21.7. The first-order chi connectivity index (χ1) is 13.0. The topological polar surface area (TPSA) is 62.7 Å². The van der Waals surface area contributed by atoms with Crippen LogP contribution in [0.5, 0.6) is 5.75 Å². The molecule has 0 aliphatic heterocycles. The van der Waals surface area contributed by atoms with E-state index in [-0.39, 0.29) is 6.10 Å². The Balaban J connectivity index is 1.76. The highest BCUT2D eigenvalue weighted by atomic mass is 32.2. The van der Waals surface area contributed by atoms with E-state index in [1.54, 1.807) is 7.05 Å². The van der Waals surface area contributed by atoms with Gasteiger partial charge in [0.15, 0.2) is 5.96 Å². The van der Waals surface area contributed by atoms with Crippen LogP contribution in [0.3, 0.4) is 0 Å². The van der Waals surface area contributed by atoms with Crippen molar-refractivity contribution in [2.75, 3.05) is 19.3 Å². The van der Waals surface area contributed by atoms with Gasteiger partial charge in [0.25, 0.3) is 0 Å². The van der Waals surface area contributed by atoms with E-state index in [4.69, 9.17) is 4.74 Å². The molecule has 2 N–H and O–H groups in total. The number of hydrogen-bond acceptors (Lipinski definition) is 3. The van der Waals surface area contributed by atoms with Gasteiger partial charge in [-0.15, -0.1) is 0 Å². The summed E-state index contributed by atoms with van der Waals surface area (Å²) in [6, 6.07) is 8.64. The minimum absolute atomic E-state index is 0.195. The average molecular weight is 394 g/mol. The van der Waals surface area contributed by atoms with Crippen molar-refractivity contribution in [3.63, 3.8) is 0 Å². The lowest BCUT2D eigenvalue weighted by molar-refractivity contribution is 0.242. The zero-order valence-electron chi connectivity index (χ0n) is 17.2. The molecule has 1 fully saturated rings. The largest absolute Gasteiger partial charge is 0.491 e. The first-order valence-corrected chi connectivity index (χ1v) is 11.5. The Kier molecular flexibility index (Phi) is 9.11. The predicted octanol–water partition coefficient (Wildman–Crippen LogP) is 3.26. The van der Waals surface area contributed by atoms with Crippen molar-refractivity contribution in [3.8, 4) is 5.75 Å². The molecule has 0 heterocycles. The Bertz CT molecular complexity index is 616. The van der Waals surface area contributed by atoms with Crippen LogP contribution < -0.4 is 15.4 Å². The molecule has 6 heteroatoms. The second-order valence-electron chi connectivity index (χ2n) is 7.36. The molecule has 0 amide bonds. The lowest BCUT2D eigenvalue weighted by Gasteiger charge is -2.30. The van der Waals surface area contributed by atoms with E-state index >= 15 is 0 Å². The van der Waals surface area contributed by atoms with Gasteiger partial charge in [0.2, 0.25) is 0 Å². The van der Waals surface area contributed by atoms with E-state index in [2.05, 4.69) is 27.8 Å². The van der Waals surface area contributed by atoms with Crippen LogP contribution in [0.15, 0.2) is 29.3 Å². The maximum atomic E-state index is 12.1. The molecule has 0 saturated heterocycles. The lowest BCUT2D eigenvalue weighted by Crippen LogP contribution is -2.47. The maximum Gasteiger partial charge on any atom is 0.191 e. The summed E-state index contributed by atoms with van der Waals surface area (Å²) in [5.41, 5.74) is 1.27. The summed E-state index contributed by atoms with van der Waals surface area (Å²) in [6.07, 6.45) is 5.43. The molecular formula is C21H35N3O2S. The molecule has 1 aromatic carbocycles. The fourth-order valence-electron chi connectivity index (χ4n) is 3.47. The van der Waals surface area contributed by atoms with Gasteiger partial charge in [-0.2, -0.15) is 0 Å². The van der Waals surface area contributed by atoms with Gasteiger partial charge in [0.05, 0.1) is 6.10 Å². The Morgan fingerprint density at radius 3 is 2.67 bits per heavy atom. The monoisotopic (exact) mass is 393 g/mol. The molecule has 27 heavy (non-hydrogen) atoms. The van der Waals surface area contributed by atoms with Gasteiger partial charge in [-0.05, 0) is 57.2 Å². The van der Waals surface area contributed by atoms with Crippen molar-refractivity contribution >= 4 is 16.8 Å². The highest BCUT2D eigenvalue weighted by molar-refractivity contribution is 7.85. The van der Waals surface area contributed by atoms with Crippen LogP contribution in [0.1, 0.15) is 52.0 Å². The van der Waals surface area contributed by atoms with Crippen molar-refractivity contribution in [1.82, 2.24) is 10.6 Å². The fourth-order valence-corrected chi connectivity index (χ4v) is 4.82. The third-order valence-electron chi connectivity index (χ3n) is 4.85. The zero-order chi connectivity index (χ0) is 19.6. The number of ether oxygens (including phenoxy) is 1. The van der Waals surface area contributed by atoms with Crippen molar-refractivity contribution < 1.29 is 8.95 Å². The Morgan fingerprint density at radius 1 is 1.30 bits per heavy atom. The van der Waals surface area contributed by atoms with Gasteiger partial charge in [-0.3, -0.25) is 9.20 Å². The van der Waals surface area contributed by atoms with Crippen LogP contribution in [-0.2, 0) is 17.2 Å². The summed E-state index contributed by atoms with van der Waals surface area (Å²) >= 11 is 0. The van der Waals surface area contributed by atoms with Gasteiger partial charge in [0.1, 0.15) is 5.75 Å². The first-order valence-electron chi connectivity index (χ1n) is 10.1. The van der Waals surface area contributed by atoms with Gasteiger partial charge >= 0.3 is 0 Å². The van der Waals surface area contributed by atoms with Crippen LogP contribution in [0.25, 0.3) is 0 Å². The third kappa shape index (κ3) is 7.53. The molecule has 1 aromatic rings. The lowest BCUT2D eigenvalue weighted by atomic mass is 9.95. The molecule has 0 aromatic heterocycles. The summed E-state index contributed by atoms with van der Waals surface area (Å²) in [7, 11) is 1.11. The van der Waals surface area contributed by atoms with E-state index in [9.17, 15) is 4.21 Å². The number of rotatable bonds is 8. The van der Waals surface area contributed by atoms with E-state index < -0.39 is 10.8 Å². The number of hydrogen-bond donors (Lipinski definition) is 2. The smallest absolute Gasteiger partial charge is 0.191 e. The molecule has 0 bridgehead atoms. The van der Waals surface area contributed by atoms with Gasteiger partial charge in [-0.25, -0.2) is 0 Å². The molecule has 152 valence electrons. The van der Waals surface area contributed by atoms with Crippen molar-refractivity contribution in [2.45, 2.75) is 70.3 Å². The van der Waals surface area contributed by atoms with Crippen LogP contribution >= 0.6 is 0 Å². The number of aliphatic imine (C=N–C) groups is 1. The number of benzene rings is 1. The van der Waals surface area contributed by atoms with Crippen molar-refractivity contribution in [3.05, 3.63) is 29.8 Å². The number of guanidine groups is 1. The van der Waals surface area contributed by atoms with E-state index in [0.29, 0.717) is 11.3 Å². The van der Waals surface area contributed by atoms with E-state index in [1.807, 2.05) is 32.9 Å². The molecule has 1 aliphatic rings. The van der Waals surface area contributed by atoms with Crippen molar-refractivity contribution in [2.24, 2.45) is 4.99 Å². The summed E-state index contributed by atoms with van der Waals surface area (Å²) in [6.45, 7) is 6.89. The average Bonchev–Trinajstić information content (AvgIpc) is 2.67. The second-order valence-corrected chi connectivity index (χ2v) is 9.36. The maximum absolute atomic E-state index is 12.1. The van der Waals surface area contributed by atoms with Crippen LogP contribution in [0.2, 0.25) is 0 Å². The Labute approximate surface area is 166 Å². The van der Waals surface area contributed by atoms with Gasteiger partial charge in [0, 0.05) is 41.4 Å². The molecule has 1 aliphatic carbocycles. The van der Waals surface area contributed by atoms with Crippen molar-refractivity contribution in [1.29, 1.82) is 0 Å². The standard InChI is InChI=1S/C21H35N3O2S/c1-5-27(25)20-8-6-7-18(15-20)24-21(22-4)23-14-13-17-9-11-19(12-10-17)26-16(2)3/h9-12,16,18,20H,5-8,13-15H2,1-4H3,(H2,22,23,24). The Morgan fingerprint density at radius 2 is 2.04 bits per heavy atom. The molecule has 3 atom stereocenters. The third-order valence-corrected chi connectivity index (χ3v) is 6.59. The van der Waals surface area contributed by atoms with E-state index in [0.717, 1.165) is 56.1 Å². The first kappa shape index (κ1) is 21.7. The Hall–Kier alpha value is -1.56. The molecule has 0 radical (unpaired) electrons. The van der Waals surface area contributed by atoms with Crippen LogP contribution in [0, 0.1) is 0 Å². The van der Waals surface area contributed by atoms with E-state index in [1.165, 1.54) is 5.56 Å². The van der Waals surface area contributed by atoms with Crippen LogP contribution in [-0.4, -0.2) is 46.9 Å². The molecular weight excluding hydrogens is 358 g/mol. The highest BCUT2D eigenvalue weighted by Crippen LogP contribution is 2.23. The summed E-state index contributed by atoms with van der Waals surface area (Å²) in [4.78, 5) is 4.35. The molecule has 2 rings (SSSR count).